The molecular formula is C6H13NO4S. The Kier molecular flexibility index (Phi) is 4.19. The van der Waals surface area contributed by atoms with E-state index in [0.29, 0.717) is 0 Å². The van der Waals surface area contributed by atoms with Gasteiger partial charge >= 0.3 is 5.97 Å². The summed E-state index contributed by atoms with van der Waals surface area (Å²) in [5.41, 5.74) is 3.94. The highest BCUT2D eigenvalue weighted by atomic mass is 32.2. The highest BCUT2D eigenvalue weighted by Crippen LogP contribution is 2.20. The number of thiol groups is 1. The third kappa shape index (κ3) is 3.19. The van der Waals surface area contributed by atoms with Crippen molar-refractivity contribution in [1.82, 2.24) is 0 Å². The molecule has 0 spiro atoms. The zero-order chi connectivity index (χ0) is 9.78. The summed E-state index contributed by atoms with van der Waals surface area (Å²) in [6, 6.07) is 0. The summed E-state index contributed by atoms with van der Waals surface area (Å²) in [7, 11) is -2.67. The van der Waals surface area contributed by atoms with Gasteiger partial charge < -0.3 is 10.8 Å². The van der Waals surface area contributed by atoms with Crippen molar-refractivity contribution in [3.8, 4) is 0 Å². The molecule has 0 fully saturated rings. The molecule has 0 saturated heterocycles. The van der Waals surface area contributed by atoms with E-state index in [4.69, 9.17) is 10.8 Å². The van der Waals surface area contributed by atoms with Crippen molar-refractivity contribution < 1.29 is 18.3 Å². The molecule has 1 atom stereocenters. The van der Waals surface area contributed by atoms with Crippen LogP contribution in [-0.2, 0) is 15.5 Å². The summed E-state index contributed by atoms with van der Waals surface area (Å²) in [5.74, 6) is -1.47. The molecule has 0 aromatic rings. The molecule has 0 aliphatic rings. The number of nitrogens with two attached hydrogens (primary N) is 1. The summed E-state index contributed by atoms with van der Waals surface area (Å²) in [4.78, 5) is 10.6. The van der Waals surface area contributed by atoms with Crippen LogP contribution in [0.5, 0.6) is 0 Å². The van der Waals surface area contributed by atoms with Gasteiger partial charge in [0.1, 0.15) is 10.7 Å². The Morgan fingerprint density at radius 2 is 2.08 bits per heavy atom. The number of carboxylic acid groups (broad SMARTS) is 1. The van der Waals surface area contributed by atoms with Crippen LogP contribution in [0.4, 0.5) is 0 Å². The van der Waals surface area contributed by atoms with Crippen molar-refractivity contribution in [2.75, 3.05) is 12.3 Å². The molecule has 0 unspecified atom stereocenters. The first-order chi connectivity index (χ1) is 5.42. The van der Waals surface area contributed by atoms with Gasteiger partial charge in [-0.15, -0.1) is 0 Å². The molecule has 0 heterocycles. The van der Waals surface area contributed by atoms with Crippen LogP contribution in [0.15, 0.2) is 0 Å². The Hall–Kier alpha value is -0.620. The predicted octanol–water partition coefficient (Wildman–Crippen LogP) is -0.962. The quantitative estimate of drug-likeness (QED) is 0.491. The summed E-state index contributed by atoms with van der Waals surface area (Å²) >= 11 is 0. The molecule has 72 valence electrons. The van der Waals surface area contributed by atoms with Crippen LogP contribution >= 0.6 is 0 Å². The minimum Gasteiger partial charge on any atom is -0.481 e. The molecule has 0 aliphatic carbocycles. The monoisotopic (exact) mass is 195 g/mol. The average molecular weight is 195 g/mol. The molecule has 0 saturated carbocycles. The Morgan fingerprint density at radius 1 is 1.58 bits per heavy atom. The van der Waals surface area contributed by atoms with Crippen LogP contribution in [0, 0.1) is 5.41 Å². The van der Waals surface area contributed by atoms with Gasteiger partial charge in [-0.25, -0.2) is 8.42 Å². The lowest BCUT2D eigenvalue weighted by Crippen LogP contribution is -2.34. The van der Waals surface area contributed by atoms with Crippen LogP contribution in [0.25, 0.3) is 0 Å². The lowest BCUT2D eigenvalue weighted by Gasteiger charge is -2.20. The first-order valence-corrected chi connectivity index (χ1v) is 4.84. The van der Waals surface area contributed by atoms with E-state index in [-0.39, 0.29) is 18.7 Å². The van der Waals surface area contributed by atoms with Gasteiger partial charge in [-0.1, -0.05) is 0 Å². The van der Waals surface area contributed by atoms with E-state index in [0.717, 1.165) is 0 Å². The molecule has 0 amide bonds. The van der Waals surface area contributed by atoms with E-state index in [1.807, 2.05) is 0 Å². The van der Waals surface area contributed by atoms with Crippen LogP contribution in [0.3, 0.4) is 0 Å². The third-order valence-corrected chi connectivity index (χ3v) is 2.65. The fourth-order valence-electron chi connectivity index (χ4n) is 0.857. The van der Waals surface area contributed by atoms with Crippen LogP contribution < -0.4 is 5.73 Å². The maximum atomic E-state index is 10.6. The van der Waals surface area contributed by atoms with Crippen molar-refractivity contribution >= 4 is 16.7 Å². The molecule has 3 N–H and O–H groups in total. The minimum absolute atomic E-state index is 0.172. The first-order valence-electron chi connectivity index (χ1n) is 3.47. The lowest BCUT2D eigenvalue weighted by molar-refractivity contribution is -0.146. The molecule has 0 aromatic heterocycles. The molecule has 0 aromatic carbocycles. The van der Waals surface area contributed by atoms with Gasteiger partial charge in [0.2, 0.25) is 0 Å². The Labute approximate surface area is 72.5 Å². The highest BCUT2D eigenvalue weighted by Gasteiger charge is 2.33. The summed E-state index contributed by atoms with van der Waals surface area (Å²) in [5, 5.41) is 8.69. The Balaban J connectivity index is 4.49. The van der Waals surface area contributed by atoms with Crippen molar-refractivity contribution in [3.05, 3.63) is 0 Å². The zero-order valence-electron chi connectivity index (χ0n) is 6.82. The summed E-state index contributed by atoms with van der Waals surface area (Å²) < 4.78 is 20.7. The van der Waals surface area contributed by atoms with Gasteiger partial charge in [0.15, 0.2) is 0 Å². The minimum atomic E-state index is -2.67. The van der Waals surface area contributed by atoms with Gasteiger partial charge in [0, 0.05) is 0 Å². The average Bonchev–Trinajstić information content (AvgIpc) is 1.85. The lowest BCUT2D eigenvalue weighted by atomic mass is 9.89. The van der Waals surface area contributed by atoms with Crippen molar-refractivity contribution in [2.45, 2.75) is 13.3 Å². The Bertz CT molecular complexity index is 230. The fourth-order valence-corrected chi connectivity index (χ4v) is 1.72. The standard InChI is InChI=1S/C6H13NO4S/c1-6(2-3-7,5(8)9)4-12(10)11/h12H,2-4,7H2,1H3,(H,8,9)/t6-/m0/s1. The second-order valence-electron chi connectivity index (χ2n) is 2.90. The van der Waals surface area contributed by atoms with Crippen molar-refractivity contribution in [1.29, 1.82) is 0 Å². The number of hydrogen-bond acceptors (Lipinski definition) is 4. The van der Waals surface area contributed by atoms with Crippen LogP contribution in [0.2, 0.25) is 0 Å². The number of aliphatic carboxylic acids is 1. The van der Waals surface area contributed by atoms with Crippen molar-refractivity contribution in [3.63, 3.8) is 0 Å². The van der Waals surface area contributed by atoms with E-state index in [1.54, 1.807) is 0 Å². The number of rotatable bonds is 5. The fraction of sp³-hybridized carbons (Fsp3) is 0.833. The molecule has 0 rings (SSSR count). The van der Waals surface area contributed by atoms with E-state index >= 15 is 0 Å². The van der Waals surface area contributed by atoms with E-state index in [9.17, 15) is 13.2 Å². The van der Waals surface area contributed by atoms with Gasteiger partial charge in [-0.2, -0.15) is 0 Å². The molecule has 0 bridgehead atoms. The van der Waals surface area contributed by atoms with Crippen LogP contribution in [-0.4, -0.2) is 31.8 Å². The first kappa shape index (κ1) is 11.4. The molecule has 6 heteroatoms. The maximum Gasteiger partial charge on any atom is 0.310 e. The second-order valence-corrected chi connectivity index (χ2v) is 3.88. The molecular weight excluding hydrogens is 182 g/mol. The van der Waals surface area contributed by atoms with Crippen molar-refractivity contribution in [2.24, 2.45) is 11.1 Å². The number of hydrogen-bond donors (Lipinski definition) is 3. The maximum absolute atomic E-state index is 10.6. The van der Waals surface area contributed by atoms with Gasteiger partial charge in [-0.3, -0.25) is 4.79 Å². The van der Waals surface area contributed by atoms with E-state index in [1.165, 1.54) is 6.92 Å². The smallest absolute Gasteiger partial charge is 0.310 e. The van der Waals surface area contributed by atoms with Crippen LogP contribution in [0.1, 0.15) is 13.3 Å². The van der Waals surface area contributed by atoms with E-state index < -0.39 is 22.1 Å². The number of carbonyl (C=O) groups is 1. The normalized spacial score (nSPS) is 15.9. The Morgan fingerprint density at radius 3 is 2.33 bits per heavy atom. The summed E-state index contributed by atoms with van der Waals surface area (Å²) in [6.45, 7) is 1.55. The molecule has 0 radical (unpaired) electrons. The predicted molar refractivity (Wildman–Crippen MR) is 44.6 cm³/mol. The van der Waals surface area contributed by atoms with E-state index in [2.05, 4.69) is 0 Å². The molecule has 0 aliphatic heterocycles. The largest absolute Gasteiger partial charge is 0.481 e. The molecule has 12 heavy (non-hydrogen) atoms. The topological polar surface area (TPSA) is 97.5 Å². The highest BCUT2D eigenvalue weighted by molar-refractivity contribution is 7.72. The molecule has 5 nitrogen and oxygen atoms in total. The number of carboxylic acids is 1. The third-order valence-electron chi connectivity index (χ3n) is 1.69. The van der Waals surface area contributed by atoms with Gasteiger partial charge in [0.25, 0.3) is 0 Å². The second kappa shape index (κ2) is 4.42. The van der Waals surface area contributed by atoms with Gasteiger partial charge in [-0.05, 0) is 19.9 Å². The van der Waals surface area contributed by atoms with Gasteiger partial charge in [0.05, 0.1) is 11.2 Å². The zero-order valence-corrected chi connectivity index (χ0v) is 7.71. The SMILES string of the molecule is C[C@](CCN)(C[SH](=O)=O)C(=O)O. The summed E-state index contributed by atoms with van der Waals surface area (Å²) in [6.07, 6.45) is 0.172.